The van der Waals surface area contributed by atoms with Crippen LogP contribution in [0.2, 0.25) is 0 Å². The van der Waals surface area contributed by atoms with E-state index in [2.05, 4.69) is 15.2 Å². The van der Waals surface area contributed by atoms with E-state index in [9.17, 15) is 9.90 Å². The number of hydrazine groups is 1. The first-order chi connectivity index (χ1) is 11.7. The van der Waals surface area contributed by atoms with E-state index in [0.29, 0.717) is 5.56 Å². The van der Waals surface area contributed by atoms with E-state index in [4.69, 9.17) is 0 Å². The Morgan fingerprint density at radius 2 is 2.17 bits per heavy atom. The molecule has 3 heterocycles. The van der Waals surface area contributed by atoms with E-state index < -0.39 is 5.97 Å². The minimum absolute atomic E-state index is 0.0191. The second-order valence-electron chi connectivity index (χ2n) is 5.57. The summed E-state index contributed by atoms with van der Waals surface area (Å²) in [5.41, 5.74) is 2.71. The van der Waals surface area contributed by atoms with Crippen LogP contribution < -0.4 is 0 Å². The Labute approximate surface area is 138 Å². The first-order valence-electron chi connectivity index (χ1n) is 7.47. The lowest BCUT2D eigenvalue weighted by Crippen LogP contribution is -2.35. The number of carbonyl (C=O) groups is 1. The average molecular weight is 321 g/mol. The number of H-pyrrole nitrogens is 1. The average Bonchev–Trinajstić information content (AvgIpc) is 3.23. The van der Waals surface area contributed by atoms with Crippen LogP contribution in [0.4, 0.5) is 0 Å². The Bertz CT molecular complexity index is 882. The SMILES string of the molecule is CN1C(c2cn[nH]c2)C=C2N=CC=C(c3ccccc3C(=O)O)N21. The first-order valence-corrected chi connectivity index (χ1v) is 7.47. The van der Waals surface area contributed by atoms with Crippen molar-refractivity contribution >= 4 is 17.9 Å². The number of fused-ring (bicyclic) bond motifs is 1. The van der Waals surface area contributed by atoms with Gasteiger partial charge in [0.1, 0.15) is 5.82 Å². The van der Waals surface area contributed by atoms with Gasteiger partial charge in [0.25, 0.3) is 0 Å². The third-order valence-electron chi connectivity index (χ3n) is 4.20. The number of nitrogens with zero attached hydrogens (tertiary/aromatic N) is 4. The molecule has 7 nitrogen and oxygen atoms in total. The number of hydrogen-bond acceptors (Lipinski definition) is 5. The summed E-state index contributed by atoms with van der Waals surface area (Å²) in [6, 6.07) is 6.96. The molecule has 0 aliphatic carbocycles. The highest BCUT2D eigenvalue weighted by molar-refractivity contribution is 5.97. The van der Waals surface area contributed by atoms with Crippen LogP contribution in [0, 0.1) is 0 Å². The van der Waals surface area contributed by atoms with Crippen LogP contribution >= 0.6 is 0 Å². The number of aliphatic imine (C=N–C) groups is 1. The lowest BCUT2D eigenvalue weighted by molar-refractivity contribution is 0.0693. The zero-order valence-electron chi connectivity index (χ0n) is 12.9. The number of aromatic nitrogens is 2. The van der Waals surface area contributed by atoms with E-state index in [0.717, 1.165) is 17.1 Å². The molecule has 2 aromatic rings. The fourth-order valence-corrected chi connectivity index (χ4v) is 3.08. The maximum Gasteiger partial charge on any atom is 0.336 e. The van der Waals surface area contributed by atoms with Crippen LogP contribution in [0.15, 0.2) is 59.6 Å². The molecule has 1 atom stereocenters. The van der Waals surface area contributed by atoms with E-state index >= 15 is 0 Å². The highest BCUT2D eigenvalue weighted by Gasteiger charge is 2.35. The van der Waals surface area contributed by atoms with Crippen molar-refractivity contribution in [2.45, 2.75) is 6.04 Å². The summed E-state index contributed by atoms with van der Waals surface area (Å²) in [7, 11) is 1.94. The summed E-state index contributed by atoms with van der Waals surface area (Å²) in [6.07, 6.45) is 9.16. The van der Waals surface area contributed by atoms with Gasteiger partial charge in [-0.25, -0.2) is 14.8 Å². The van der Waals surface area contributed by atoms with Crippen LogP contribution in [-0.2, 0) is 0 Å². The quantitative estimate of drug-likeness (QED) is 0.906. The highest BCUT2D eigenvalue weighted by Crippen LogP contribution is 2.40. The number of hydrogen-bond donors (Lipinski definition) is 2. The van der Waals surface area contributed by atoms with Gasteiger partial charge in [-0.2, -0.15) is 5.10 Å². The van der Waals surface area contributed by atoms with Crippen molar-refractivity contribution in [3.8, 4) is 0 Å². The minimum Gasteiger partial charge on any atom is -0.478 e. The third-order valence-corrected chi connectivity index (χ3v) is 4.20. The van der Waals surface area contributed by atoms with E-state index in [1.807, 2.05) is 47.5 Å². The molecule has 1 unspecified atom stereocenters. The first kappa shape index (κ1) is 14.4. The molecule has 0 spiro atoms. The van der Waals surface area contributed by atoms with Gasteiger partial charge in [-0.3, -0.25) is 10.1 Å². The summed E-state index contributed by atoms with van der Waals surface area (Å²) < 4.78 is 0. The number of carboxylic acid groups (broad SMARTS) is 1. The van der Waals surface area contributed by atoms with Gasteiger partial charge in [-0.05, 0) is 18.2 Å². The molecule has 0 fully saturated rings. The number of aromatic carboxylic acids is 1. The monoisotopic (exact) mass is 321 g/mol. The van der Waals surface area contributed by atoms with Crippen LogP contribution in [-0.4, -0.2) is 44.6 Å². The molecule has 1 aromatic heterocycles. The fraction of sp³-hybridized carbons (Fsp3) is 0.118. The molecule has 4 rings (SSSR count). The zero-order chi connectivity index (χ0) is 16.7. The smallest absolute Gasteiger partial charge is 0.336 e. The second kappa shape index (κ2) is 5.47. The van der Waals surface area contributed by atoms with Gasteiger partial charge in [0.05, 0.1) is 23.5 Å². The van der Waals surface area contributed by atoms with Gasteiger partial charge in [0.15, 0.2) is 0 Å². The van der Waals surface area contributed by atoms with Crippen LogP contribution in [0.25, 0.3) is 5.70 Å². The van der Waals surface area contributed by atoms with Gasteiger partial charge >= 0.3 is 5.97 Å². The molecule has 0 saturated heterocycles. The molecule has 0 bridgehead atoms. The van der Waals surface area contributed by atoms with Crippen molar-refractivity contribution in [2.75, 3.05) is 7.05 Å². The van der Waals surface area contributed by atoms with Gasteiger partial charge in [-0.15, -0.1) is 0 Å². The zero-order valence-corrected chi connectivity index (χ0v) is 12.9. The maximum absolute atomic E-state index is 11.6. The Balaban J connectivity index is 1.78. The lowest BCUT2D eigenvalue weighted by Gasteiger charge is -2.34. The summed E-state index contributed by atoms with van der Waals surface area (Å²) in [6.45, 7) is 0. The number of benzene rings is 1. The van der Waals surface area contributed by atoms with Crippen LogP contribution in [0.1, 0.15) is 27.5 Å². The summed E-state index contributed by atoms with van der Waals surface area (Å²) in [5, 5.41) is 20.3. The largest absolute Gasteiger partial charge is 0.478 e. The predicted octanol–water partition coefficient (Wildman–Crippen LogP) is 2.28. The number of aromatic amines is 1. The molecule has 0 saturated carbocycles. The van der Waals surface area contributed by atoms with E-state index in [1.165, 1.54) is 0 Å². The Hall–Kier alpha value is -3.19. The third kappa shape index (κ3) is 2.14. The van der Waals surface area contributed by atoms with Crippen LogP contribution in [0.3, 0.4) is 0 Å². The molecule has 2 aliphatic heterocycles. The molecule has 7 heteroatoms. The summed E-state index contributed by atoms with van der Waals surface area (Å²) in [5.74, 6) is -0.186. The predicted molar refractivity (Wildman–Crippen MR) is 88.9 cm³/mol. The minimum atomic E-state index is -0.951. The molecule has 2 N–H and O–H groups in total. The van der Waals surface area contributed by atoms with Crippen molar-refractivity contribution in [2.24, 2.45) is 4.99 Å². The normalized spacial score (nSPS) is 19.9. The highest BCUT2D eigenvalue weighted by atomic mass is 16.4. The molecule has 2 aliphatic rings. The molecule has 0 amide bonds. The number of likely N-dealkylation sites (N-methyl/N-ethyl adjacent to an activating group) is 1. The van der Waals surface area contributed by atoms with Gasteiger partial charge in [0.2, 0.25) is 0 Å². The van der Waals surface area contributed by atoms with Crippen LogP contribution in [0.5, 0.6) is 0 Å². The number of nitrogens with one attached hydrogen (secondary N) is 1. The van der Waals surface area contributed by atoms with Crippen molar-refractivity contribution in [3.05, 3.63) is 71.3 Å². The summed E-state index contributed by atoms with van der Waals surface area (Å²) >= 11 is 0. The van der Waals surface area contributed by atoms with E-state index in [-0.39, 0.29) is 11.6 Å². The molecule has 24 heavy (non-hydrogen) atoms. The van der Waals surface area contributed by atoms with Crippen molar-refractivity contribution in [3.63, 3.8) is 0 Å². The maximum atomic E-state index is 11.6. The number of carboxylic acids is 1. The fourth-order valence-electron chi connectivity index (χ4n) is 3.08. The number of rotatable bonds is 3. The number of allylic oxidation sites excluding steroid dienone is 1. The topological polar surface area (TPSA) is 84.8 Å². The Kier molecular flexibility index (Phi) is 3.28. The van der Waals surface area contributed by atoms with Gasteiger partial charge in [-0.1, -0.05) is 18.2 Å². The summed E-state index contributed by atoms with van der Waals surface area (Å²) in [4.78, 5) is 16.0. The molecule has 120 valence electrons. The lowest BCUT2D eigenvalue weighted by atomic mass is 10.0. The Morgan fingerprint density at radius 1 is 1.33 bits per heavy atom. The molecule has 0 radical (unpaired) electrons. The van der Waals surface area contributed by atoms with Gasteiger partial charge < -0.3 is 5.11 Å². The molecular formula is C17H15N5O2. The molecule has 1 aromatic carbocycles. The van der Waals surface area contributed by atoms with Crippen molar-refractivity contribution < 1.29 is 9.90 Å². The second-order valence-corrected chi connectivity index (χ2v) is 5.57. The van der Waals surface area contributed by atoms with Gasteiger partial charge in [0, 0.05) is 30.6 Å². The standard InChI is InChI=1S/C17H15N5O2/c1-21-15(11-9-19-20-10-11)8-16-18-7-6-14(22(16)21)12-4-2-3-5-13(12)17(23)24/h2-10,15H,1H3,(H,19,20)(H,23,24). The molecular weight excluding hydrogens is 306 g/mol. The van der Waals surface area contributed by atoms with E-state index in [1.54, 1.807) is 24.5 Å². The van der Waals surface area contributed by atoms with Crippen molar-refractivity contribution in [1.82, 2.24) is 20.2 Å². The van der Waals surface area contributed by atoms with Crippen molar-refractivity contribution in [1.29, 1.82) is 0 Å². The Morgan fingerprint density at radius 3 is 2.92 bits per heavy atom.